The van der Waals surface area contributed by atoms with Crippen LogP contribution >= 0.6 is 11.8 Å². The second-order valence-electron chi connectivity index (χ2n) is 3.56. The normalized spacial score (nSPS) is 32.2. The van der Waals surface area contributed by atoms with Crippen LogP contribution in [-0.4, -0.2) is 28.3 Å². The van der Waals surface area contributed by atoms with Crippen molar-refractivity contribution in [2.24, 2.45) is 5.73 Å². The van der Waals surface area contributed by atoms with E-state index < -0.39 is 0 Å². The van der Waals surface area contributed by atoms with Gasteiger partial charge >= 0.3 is 0 Å². The van der Waals surface area contributed by atoms with E-state index in [1.165, 1.54) is 12.8 Å². The molecular formula is C9H19NOS. The first kappa shape index (κ1) is 10.4. The molecule has 0 spiro atoms. The summed E-state index contributed by atoms with van der Waals surface area (Å²) in [7, 11) is 0. The number of hydrogen-bond acceptors (Lipinski definition) is 3. The van der Waals surface area contributed by atoms with Crippen LogP contribution in [0.1, 0.15) is 32.6 Å². The van der Waals surface area contributed by atoms with Crippen LogP contribution in [0.15, 0.2) is 0 Å². The summed E-state index contributed by atoms with van der Waals surface area (Å²) in [5.74, 6) is 0. The van der Waals surface area contributed by atoms with Gasteiger partial charge in [-0.2, -0.15) is 11.8 Å². The minimum Gasteiger partial charge on any atom is -0.392 e. The van der Waals surface area contributed by atoms with Crippen LogP contribution in [0.5, 0.6) is 0 Å². The Morgan fingerprint density at radius 3 is 2.83 bits per heavy atom. The van der Waals surface area contributed by atoms with Crippen LogP contribution in [0, 0.1) is 0 Å². The third-order valence-corrected chi connectivity index (χ3v) is 4.00. The predicted octanol–water partition coefficient (Wildman–Crippen LogP) is 1.37. The van der Waals surface area contributed by atoms with Gasteiger partial charge in [-0.15, -0.1) is 0 Å². The highest BCUT2D eigenvalue weighted by Crippen LogP contribution is 2.33. The lowest BCUT2D eigenvalue weighted by Gasteiger charge is -2.18. The molecule has 1 aliphatic rings. The number of thioether (sulfide) groups is 1. The lowest BCUT2D eigenvalue weighted by atomic mass is 10.3. The van der Waals surface area contributed by atoms with Crippen molar-refractivity contribution in [3.05, 3.63) is 0 Å². The molecule has 3 unspecified atom stereocenters. The smallest absolute Gasteiger partial charge is 0.0658 e. The van der Waals surface area contributed by atoms with Gasteiger partial charge in [-0.25, -0.2) is 0 Å². The Morgan fingerprint density at radius 1 is 1.58 bits per heavy atom. The van der Waals surface area contributed by atoms with Crippen LogP contribution < -0.4 is 5.73 Å². The summed E-state index contributed by atoms with van der Waals surface area (Å²) in [6, 6.07) is 0. The first-order valence-electron chi connectivity index (χ1n) is 4.77. The number of rotatable bonds is 4. The van der Waals surface area contributed by atoms with E-state index in [1.807, 2.05) is 11.8 Å². The van der Waals surface area contributed by atoms with Gasteiger partial charge in [0.1, 0.15) is 0 Å². The lowest BCUT2D eigenvalue weighted by Crippen LogP contribution is -2.19. The van der Waals surface area contributed by atoms with E-state index in [9.17, 15) is 5.11 Å². The highest BCUT2D eigenvalue weighted by Gasteiger charge is 2.26. The molecule has 0 radical (unpaired) electrons. The van der Waals surface area contributed by atoms with E-state index in [0.717, 1.165) is 19.4 Å². The molecule has 3 N–H and O–H groups in total. The van der Waals surface area contributed by atoms with Gasteiger partial charge in [0.25, 0.3) is 0 Å². The first-order valence-corrected chi connectivity index (χ1v) is 5.72. The quantitative estimate of drug-likeness (QED) is 0.702. The largest absolute Gasteiger partial charge is 0.392 e. The molecule has 0 aliphatic heterocycles. The number of nitrogens with two attached hydrogens (primary N) is 1. The zero-order valence-corrected chi connectivity index (χ0v) is 8.52. The third kappa shape index (κ3) is 2.96. The lowest BCUT2D eigenvalue weighted by molar-refractivity contribution is 0.188. The van der Waals surface area contributed by atoms with E-state index in [-0.39, 0.29) is 6.10 Å². The first-order chi connectivity index (χ1) is 5.74. The van der Waals surface area contributed by atoms with Gasteiger partial charge in [0.15, 0.2) is 0 Å². The zero-order valence-electron chi connectivity index (χ0n) is 7.70. The Kier molecular flexibility index (Phi) is 4.40. The molecule has 1 saturated carbocycles. The molecule has 12 heavy (non-hydrogen) atoms. The minimum absolute atomic E-state index is 0.0600. The van der Waals surface area contributed by atoms with Gasteiger partial charge in [-0.05, 0) is 32.2 Å². The van der Waals surface area contributed by atoms with E-state index in [4.69, 9.17) is 5.73 Å². The van der Waals surface area contributed by atoms with E-state index in [0.29, 0.717) is 10.5 Å². The molecule has 0 bridgehead atoms. The van der Waals surface area contributed by atoms with Crippen molar-refractivity contribution in [3.8, 4) is 0 Å². The SMILES string of the molecule is CC(CCN)SC1CCCC1O. The fourth-order valence-corrected chi connectivity index (χ4v) is 3.16. The van der Waals surface area contributed by atoms with E-state index in [1.54, 1.807) is 0 Å². The molecule has 0 aromatic rings. The second-order valence-corrected chi connectivity index (χ2v) is 5.24. The van der Waals surface area contributed by atoms with E-state index >= 15 is 0 Å². The second kappa shape index (κ2) is 5.10. The summed E-state index contributed by atoms with van der Waals surface area (Å²) in [5, 5.41) is 10.6. The topological polar surface area (TPSA) is 46.2 Å². The molecule has 1 aliphatic carbocycles. The summed E-state index contributed by atoms with van der Waals surface area (Å²) in [5.41, 5.74) is 5.46. The molecule has 3 heteroatoms. The van der Waals surface area contributed by atoms with Crippen molar-refractivity contribution < 1.29 is 5.11 Å². The third-order valence-electron chi connectivity index (χ3n) is 2.40. The Balaban J connectivity index is 2.20. The number of hydrogen-bond donors (Lipinski definition) is 2. The van der Waals surface area contributed by atoms with Gasteiger partial charge in [-0.1, -0.05) is 6.92 Å². The number of aliphatic hydroxyl groups is 1. The fourth-order valence-electron chi connectivity index (χ4n) is 1.67. The molecule has 0 aromatic carbocycles. The monoisotopic (exact) mass is 189 g/mol. The average molecular weight is 189 g/mol. The van der Waals surface area contributed by atoms with Crippen LogP contribution in [-0.2, 0) is 0 Å². The summed E-state index contributed by atoms with van der Waals surface area (Å²) in [4.78, 5) is 0. The van der Waals surface area contributed by atoms with Crippen molar-refractivity contribution in [3.63, 3.8) is 0 Å². The molecule has 0 heterocycles. The van der Waals surface area contributed by atoms with Gasteiger partial charge in [0.05, 0.1) is 6.10 Å². The Bertz CT molecular complexity index is 132. The summed E-state index contributed by atoms with van der Waals surface area (Å²) >= 11 is 1.91. The summed E-state index contributed by atoms with van der Waals surface area (Å²) in [6.07, 6.45) is 4.37. The molecular weight excluding hydrogens is 170 g/mol. The zero-order chi connectivity index (χ0) is 8.97. The predicted molar refractivity (Wildman–Crippen MR) is 54.4 cm³/mol. The molecule has 2 nitrogen and oxygen atoms in total. The fraction of sp³-hybridized carbons (Fsp3) is 1.00. The molecule has 0 saturated heterocycles. The van der Waals surface area contributed by atoms with Crippen molar-refractivity contribution in [1.29, 1.82) is 0 Å². The molecule has 0 amide bonds. The van der Waals surface area contributed by atoms with Gasteiger partial charge < -0.3 is 10.8 Å². The highest BCUT2D eigenvalue weighted by atomic mass is 32.2. The van der Waals surface area contributed by atoms with Gasteiger partial charge in [0, 0.05) is 10.5 Å². The molecule has 0 aromatic heterocycles. The minimum atomic E-state index is -0.0600. The van der Waals surface area contributed by atoms with Crippen LogP contribution in [0.25, 0.3) is 0 Å². The maximum Gasteiger partial charge on any atom is 0.0658 e. The van der Waals surface area contributed by atoms with Crippen molar-refractivity contribution in [2.75, 3.05) is 6.54 Å². The Morgan fingerprint density at radius 2 is 2.33 bits per heavy atom. The summed E-state index contributed by atoms with van der Waals surface area (Å²) < 4.78 is 0. The highest BCUT2D eigenvalue weighted by molar-refractivity contribution is 8.00. The molecule has 72 valence electrons. The Labute approximate surface area is 78.9 Å². The Hall–Kier alpha value is 0.270. The van der Waals surface area contributed by atoms with Crippen LogP contribution in [0.4, 0.5) is 0 Å². The van der Waals surface area contributed by atoms with Gasteiger partial charge in [0.2, 0.25) is 0 Å². The molecule has 1 rings (SSSR count). The maximum absolute atomic E-state index is 9.55. The van der Waals surface area contributed by atoms with Crippen LogP contribution in [0.3, 0.4) is 0 Å². The van der Waals surface area contributed by atoms with Gasteiger partial charge in [-0.3, -0.25) is 0 Å². The van der Waals surface area contributed by atoms with Crippen molar-refractivity contribution in [1.82, 2.24) is 0 Å². The number of aliphatic hydroxyl groups excluding tert-OH is 1. The summed E-state index contributed by atoms with van der Waals surface area (Å²) in [6.45, 7) is 2.96. The molecule has 1 fully saturated rings. The van der Waals surface area contributed by atoms with Crippen molar-refractivity contribution >= 4 is 11.8 Å². The van der Waals surface area contributed by atoms with Crippen LogP contribution in [0.2, 0.25) is 0 Å². The average Bonchev–Trinajstić information content (AvgIpc) is 2.37. The maximum atomic E-state index is 9.55. The van der Waals surface area contributed by atoms with E-state index in [2.05, 4.69) is 6.92 Å². The standard InChI is InChI=1S/C9H19NOS/c1-7(5-6-10)12-9-4-2-3-8(9)11/h7-9,11H,2-6,10H2,1H3. The van der Waals surface area contributed by atoms with Crippen molar-refractivity contribution in [2.45, 2.75) is 49.2 Å². The molecule has 3 atom stereocenters.